The van der Waals surface area contributed by atoms with Crippen molar-refractivity contribution in [2.75, 3.05) is 26.0 Å². The number of nitrogens with zero attached hydrogens (tertiary/aromatic N) is 1. The Bertz CT molecular complexity index is 695. The Kier molecular flexibility index (Phi) is 9.27. The Balaban J connectivity index is 2.06. The number of nitrogens with one attached hydrogen (secondary N) is 2. The van der Waals surface area contributed by atoms with Crippen LogP contribution in [0.3, 0.4) is 0 Å². The number of para-hydroxylation sites is 1. The zero-order chi connectivity index (χ0) is 21.3. The van der Waals surface area contributed by atoms with Gasteiger partial charge in [-0.25, -0.2) is 4.99 Å². The van der Waals surface area contributed by atoms with Crippen LogP contribution in [0.5, 0.6) is 11.5 Å². The topological polar surface area (TPSA) is 72.0 Å². The van der Waals surface area contributed by atoms with Gasteiger partial charge in [-0.3, -0.25) is 4.21 Å². The first-order chi connectivity index (χ1) is 13.8. The SMILES string of the molecule is CCNC(=NCc1cccc(OC)c1OC1CCCC1)NCCS(=O)C(C)(C)C. The molecule has 0 radical (unpaired) electrons. The van der Waals surface area contributed by atoms with Crippen molar-refractivity contribution in [3.8, 4) is 11.5 Å². The Morgan fingerprint density at radius 2 is 1.97 bits per heavy atom. The molecule has 0 aliphatic heterocycles. The minimum atomic E-state index is -0.890. The number of aliphatic imine (C=N–C) groups is 1. The normalized spacial score (nSPS) is 16.5. The lowest BCUT2D eigenvalue weighted by Crippen LogP contribution is -2.40. The average molecular weight is 424 g/mol. The fourth-order valence-electron chi connectivity index (χ4n) is 3.23. The largest absolute Gasteiger partial charge is 0.493 e. The van der Waals surface area contributed by atoms with Gasteiger partial charge in [0.1, 0.15) is 0 Å². The fourth-order valence-corrected chi connectivity index (χ4v) is 4.13. The molecule has 1 fully saturated rings. The highest BCUT2D eigenvalue weighted by molar-refractivity contribution is 7.86. The predicted molar refractivity (Wildman–Crippen MR) is 121 cm³/mol. The summed E-state index contributed by atoms with van der Waals surface area (Å²) in [4.78, 5) is 4.71. The van der Waals surface area contributed by atoms with Crippen molar-refractivity contribution in [3.05, 3.63) is 23.8 Å². The molecule has 0 saturated heterocycles. The molecule has 7 heteroatoms. The van der Waals surface area contributed by atoms with Gasteiger partial charge in [0.2, 0.25) is 0 Å². The Labute approximate surface area is 178 Å². The zero-order valence-corrected chi connectivity index (χ0v) is 19.4. The number of hydrogen-bond donors (Lipinski definition) is 2. The molecule has 1 aliphatic carbocycles. The first-order valence-corrected chi connectivity index (χ1v) is 11.9. The Morgan fingerprint density at radius 3 is 2.59 bits per heavy atom. The third kappa shape index (κ3) is 7.53. The average Bonchev–Trinajstić information content (AvgIpc) is 3.19. The van der Waals surface area contributed by atoms with Crippen LogP contribution < -0.4 is 20.1 Å². The van der Waals surface area contributed by atoms with E-state index in [9.17, 15) is 4.21 Å². The van der Waals surface area contributed by atoms with Gasteiger partial charge in [0, 0.05) is 40.0 Å². The molecule has 0 amide bonds. The molecule has 0 heterocycles. The molecule has 29 heavy (non-hydrogen) atoms. The van der Waals surface area contributed by atoms with E-state index in [1.165, 1.54) is 12.8 Å². The van der Waals surface area contributed by atoms with Crippen molar-refractivity contribution < 1.29 is 13.7 Å². The molecule has 6 nitrogen and oxygen atoms in total. The second-order valence-electron chi connectivity index (χ2n) is 8.26. The van der Waals surface area contributed by atoms with Crippen LogP contribution in [0, 0.1) is 0 Å². The highest BCUT2D eigenvalue weighted by atomic mass is 32.2. The molecule has 1 saturated carbocycles. The standard InChI is InChI=1S/C22H37N3O3S/c1-6-23-21(24-14-15-29(26)22(2,3)4)25-16-17-10-9-13-19(27-5)20(17)28-18-11-7-8-12-18/h9-10,13,18H,6-8,11-12,14-16H2,1-5H3,(H2,23,24,25). The van der Waals surface area contributed by atoms with E-state index < -0.39 is 10.8 Å². The Morgan fingerprint density at radius 1 is 1.24 bits per heavy atom. The van der Waals surface area contributed by atoms with Gasteiger partial charge in [-0.05, 0) is 59.4 Å². The molecule has 2 N–H and O–H groups in total. The number of ether oxygens (including phenoxy) is 2. The van der Waals surface area contributed by atoms with Crippen LogP contribution in [-0.2, 0) is 17.3 Å². The van der Waals surface area contributed by atoms with Gasteiger partial charge < -0.3 is 20.1 Å². The van der Waals surface area contributed by atoms with Crippen molar-refractivity contribution in [3.63, 3.8) is 0 Å². The van der Waals surface area contributed by atoms with Crippen LogP contribution in [0.15, 0.2) is 23.2 Å². The maximum Gasteiger partial charge on any atom is 0.191 e. The van der Waals surface area contributed by atoms with Crippen LogP contribution in [0.4, 0.5) is 0 Å². The van der Waals surface area contributed by atoms with E-state index in [2.05, 4.69) is 10.6 Å². The number of guanidine groups is 1. The number of benzene rings is 1. The molecule has 1 aromatic carbocycles. The van der Waals surface area contributed by atoms with E-state index in [4.69, 9.17) is 14.5 Å². The molecule has 1 atom stereocenters. The first-order valence-electron chi connectivity index (χ1n) is 10.6. The van der Waals surface area contributed by atoms with E-state index in [0.717, 1.165) is 36.4 Å². The maximum atomic E-state index is 12.2. The lowest BCUT2D eigenvalue weighted by atomic mass is 10.1. The second kappa shape index (κ2) is 11.4. The van der Waals surface area contributed by atoms with E-state index in [1.54, 1.807) is 7.11 Å². The summed E-state index contributed by atoms with van der Waals surface area (Å²) < 4.78 is 23.9. The number of rotatable bonds is 9. The van der Waals surface area contributed by atoms with E-state index in [0.29, 0.717) is 24.8 Å². The summed E-state index contributed by atoms with van der Waals surface area (Å²) >= 11 is 0. The van der Waals surface area contributed by atoms with Crippen molar-refractivity contribution in [1.82, 2.24) is 10.6 Å². The van der Waals surface area contributed by atoms with Gasteiger partial charge >= 0.3 is 0 Å². The van der Waals surface area contributed by atoms with Gasteiger partial charge in [0.05, 0.1) is 19.8 Å². The van der Waals surface area contributed by atoms with Crippen molar-refractivity contribution >= 4 is 16.8 Å². The Hall–Kier alpha value is -1.76. The lowest BCUT2D eigenvalue weighted by Gasteiger charge is -2.19. The van der Waals surface area contributed by atoms with Gasteiger partial charge in [-0.2, -0.15) is 0 Å². The zero-order valence-electron chi connectivity index (χ0n) is 18.5. The van der Waals surface area contributed by atoms with E-state index in [1.807, 2.05) is 45.9 Å². The number of methoxy groups -OCH3 is 1. The summed E-state index contributed by atoms with van der Waals surface area (Å²) in [5.74, 6) is 2.86. The van der Waals surface area contributed by atoms with Crippen LogP contribution in [0.2, 0.25) is 0 Å². The predicted octanol–water partition coefficient (Wildman–Crippen LogP) is 3.62. The van der Waals surface area contributed by atoms with Gasteiger partial charge in [-0.15, -0.1) is 0 Å². The van der Waals surface area contributed by atoms with Crippen molar-refractivity contribution in [1.29, 1.82) is 0 Å². The van der Waals surface area contributed by atoms with Gasteiger partial charge in [0.25, 0.3) is 0 Å². The van der Waals surface area contributed by atoms with Crippen LogP contribution in [-0.4, -0.2) is 47.0 Å². The maximum absolute atomic E-state index is 12.2. The smallest absolute Gasteiger partial charge is 0.191 e. The third-order valence-electron chi connectivity index (χ3n) is 4.88. The van der Waals surface area contributed by atoms with E-state index in [-0.39, 0.29) is 10.9 Å². The van der Waals surface area contributed by atoms with Crippen LogP contribution in [0.1, 0.15) is 58.9 Å². The molecule has 164 valence electrons. The molecule has 1 unspecified atom stereocenters. The minimum absolute atomic E-state index is 0.204. The molecule has 0 bridgehead atoms. The monoisotopic (exact) mass is 423 g/mol. The highest BCUT2D eigenvalue weighted by Crippen LogP contribution is 2.35. The minimum Gasteiger partial charge on any atom is -0.493 e. The quantitative estimate of drug-likeness (QED) is 0.469. The summed E-state index contributed by atoms with van der Waals surface area (Å²) in [6.45, 7) is 9.88. The summed E-state index contributed by atoms with van der Waals surface area (Å²) in [6.07, 6.45) is 4.88. The fraction of sp³-hybridized carbons (Fsp3) is 0.682. The first kappa shape index (κ1) is 23.5. The summed E-state index contributed by atoms with van der Waals surface area (Å²) in [7, 11) is 0.781. The second-order valence-corrected chi connectivity index (χ2v) is 10.6. The van der Waals surface area contributed by atoms with Crippen LogP contribution >= 0.6 is 0 Å². The molecule has 1 aromatic rings. The van der Waals surface area contributed by atoms with E-state index >= 15 is 0 Å². The molecule has 2 rings (SSSR count). The van der Waals surface area contributed by atoms with Crippen LogP contribution in [0.25, 0.3) is 0 Å². The molecular weight excluding hydrogens is 386 g/mol. The molecule has 0 aromatic heterocycles. The summed E-state index contributed by atoms with van der Waals surface area (Å²) in [5, 5.41) is 6.54. The molecule has 1 aliphatic rings. The van der Waals surface area contributed by atoms with Crippen molar-refractivity contribution in [2.24, 2.45) is 4.99 Å². The van der Waals surface area contributed by atoms with Gasteiger partial charge in [-0.1, -0.05) is 12.1 Å². The summed E-state index contributed by atoms with van der Waals surface area (Å²) in [6, 6.07) is 5.94. The van der Waals surface area contributed by atoms with Gasteiger partial charge in [0.15, 0.2) is 17.5 Å². The van der Waals surface area contributed by atoms with Crippen molar-refractivity contribution in [2.45, 2.75) is 70.8 Å². The third-order valence-corrected chi connectivity index (χ3v) is 6.82. The summed E-state index contributed by atoms with van der Waals surface area (Å²) in [5.41, 5.74) is 1.01. The molecular formula is C22H37N3O3S. The molecule has 0 spiro atoms. The number of hydrogen-bond acceptors (Lipinski definition) is 4. The lowest BCUT2D eigenvalue weighted by molar-refractivity contribution is 0.198. The highest BCUT2D eigenvalue weighted by Gasteiger charge is 2.21.